The Labute approximate surface area is 174 Å². The average molecular weight is 410 g/mol. The van der Waals surface area contributed by atoms with Gasteiger partial charge in [-0.2, -0.15) is 0 Å². The second kappa shape index (κ2) is 14.4. The van der Waals surface area contributed by atoms with E-state index in [0.29, 0.717) is 29.7 Å². The van der Waals surface area contributed by atoms with Gasteiger partial charge in [0.05, 0.1) is 6.61 Å². The van der Waals surface area contributed by atoms with Gasteiger partial charge in [-0.05, 0) is 49.8 Å². The van der Waals surface area contributed by atoms with Crippen molar-refractivity contribution in [2.75, 3.05) is 13.2 Å². The van der Waals surface area contributed by atoms with E-state index < -0.39 is 0 Å². The smallest absolute Gasteiger partial charge is 0.244 e. The van der Waals surface area contributed by atoms with Crippen LogP contribution < -0.4 is 5.32 Å². The van der Waals surface area contributed by atoms with Gasteiger partial charge in [0, 0.05) is 29.8 Å². The van der Waals surface area contributed by atoms with Crippen LogP contribution in [0.1, 0.15) is 58.4 Å². The summed E-state index contributed by atoms with van der Waals surface area (Å²) in [6.45, 7) is 7.69. The van der Waals surface area contributed by atoms with Crippen LogP contribution in [0.15, 0.2) is 42.0 Å². The molecule has 1 N–H and O–H groups in total. The summed E-state index contributed by atoms with van der Waals surface area (Å²) in [5.74, 6) is 0.104. The highest BCUT2D eigenvalue weighted by molar-refractivity contribution is 6.30. The summed E-state index contributed by atoms with van der Waals surface area (Å²) >= 11 is 5.73. The SMILES string of the molecule is CC(C=CCCCCCCOCc1ccc(Cl)cc1F)=CC(=O)NCC(C)C. The van der Waals surface area contributed by atoms with Crippen molar-refractivity contribution in [3.8, 4) is 0 Å². The van der Waals surface area contributed by atoms with Crippen LogP contribution in [0, 0.1) is 11.7 Å². The summed E-state index contributed by atoms with van der Waals surface area (Å²) in [6.07, 6.45) is 11.0. The topological polar surface area (TPSA) is 38.3 Å². The molecular formula is C23H33ClFNO2. The Bertz CT molecular complexity index is 656. The number of carbonyl (C=O) groups is 1. The molecular weight excluding hydrogens is 377 g/mol. The lowest BCUT2D eigenvalue weighted by atomic mass is 10.1. The molecule has 0 bridgehead atoms. The summed E-state index contributed by atoms with van der Waals surface area (Å²) < 4.78 is 19.1. The minimum atomic E-state index is -0.318. The Balaban J connectivity index is 2.05. The molecule has 0 aromatic heterocycles. The van der Waals surface area contributed by atoms with E-state index in [-0.39, 0.29) is 18.3 Å². The number of halogens is 2. The van der Waals surface area contributed by atoms with Crippen molar-refractivity contribution in [3.63, 3.8) is 0 Å². The molecule has 1 aromatic carbocycles. The molecule has 3 nitrogen and oxygen atoms in total. The van der Waals surface area contributed by atoms with E-state index >= 15 is 0 Å². The number of benzene rings is 1. The number of hydrogen-bond acceptors (Lipinski definition) is 2. The fourth-order valence-corrected chi connectivity index (χ4v) is 2.68. The summed E-state index contributed by atoms with van der Waals surface area (Å²) in [5, 5.41) is 3.27. The van der Waals surface area contributed by atoms with Gasteiger partial charge < -0.3 is 10.1 Å². The monoisotopic (exact) mass is 409 g/mol. The normalized spacial score (nSPS) is 12.1. The number of hydrogen-bond donors (Lipinski definition) is 1. The van der Waals surface area contributed by atoms with E-state index in [1.165, 1.54) is 6.07 Å². The number of allylic oxidation sites excluding steroid dienone is 3. The molecule has 0 saturated heterocycles. The van der Waals surface area contributed by atoms with Crippen molar-refractivity contribution in [2.24, 2.45) is 5.92 Å². The van der Waals surface area contributed by atoms with Crippen molar-refractivity contribution < 1.29 is 13.9 Å². The number of rotatable bonds is 13. The van der Waals surface area contributed by atoms with Crippen LogP contribution in [0.25, 0.3) is 0 Å². The molecule has 0 spiro atoms. The van der Waals surface area contributed by atoms with Gasteiger partial charge >= 0.3 is 0 Å². The molecule has 0 radical (unpaired) electrons. The van der Waals surface area contributed by atoms with Crippen LogP contribution in [-0.2, 0) is 16.1 Å². The van der Waals surface area contributed by atoms with Crippen molar-refractivity contribution in [3.05, 3.63) is 58.4 Å². The van der Waals surface area contributed by atoms with Gasteiger partial charge in [0.15, 0.2) is 0 Å². The molecule has 0 aliphatic carbocycles. The fourth-order valence-electron chi connectivity index (χ4n) is 2.52. The summed E-state index contributed by atoms with van der Waals surface area (Å²) in [7, 11) is 0. The summed E-state index contributed by atoms with van der Waals surface area (Å²) in [6, 6.07) is 4.64. The van der Waals surface area contributed by atoms with Crippen LogP contribution in [0.5, 0.6) is 0 Å². The Morgan fingerprint density at radius 3 is 2.71 bits per heavy atom. The highest BCUT2D eigenvalue weighted by Crippen LogP contribution is 2.15. The van der Waals surface area contributed by atoms with Gasteiger partial charge in [-0.3, -0.25) is 4.79 Å². The second-order valence-corrected chi connectivity index (χ2v) is 7.86. The molecule has 156 valence electrons. The maximum atomic E-state index is 13.6. The number of unbranched alkanes of at least 4 members (excludes halogenated alkanes) is 4. The summed E-state index contributed by atoms with van der Waals surface area (Å²) in [5.41, 5.74) is 1.50. The largest absolute Gasteiger partial charge is 0.377 e. The van der Waals surface area contributed by atoms with Crippen molar-refractivity contribution in [2.45, 2.75) is 59.5 Å². The number of carbonyl (C=O) groups excluding carboxylic acids is 1. The van der Waals surface area contributed by atoms with Gasteiger partial charge in [0.2, 0.25) is 5.91 Å². The van der Waals surface area contributed by atoms with E-state index in [9.17, 15) is 9.18 Å². The third-order valence-electron chi connectivity index (χ3n) is 4.11. The molecule has 28 heavy (non-hydrogen) atoms. The fraction of sp³-hybridized carbons (Fsp3) is 0.522. The molecule has 0 saturated carbocycles. The van der Waals surface area contributed by atoms with E-state index in [4.69, 9.17) is 16.3 Å². The summed E-state index contributed by atoms with van der Waals surface area (Å²) in [4.78, 5) is 11.7. The lowest BCUT2D eigenvalue weighted by Crippen LogP contribution is -2.25. The van der Waals surface area contributed by atoms with Crippen molar-refractivity contribution >= 4 is 17.5 Å². The van der Waals surface area contributed by atoms with Gasteiger partial charge in [0.25, 0.3) is 0 Å². The van der Waals surface area contributed by atoms with Gasteiger partial charge in [-0.15, -0.1) is 0 Å². The van der Waals surface area contributed by atoms with Crippen LogP contribution in [0.4, 0.5) is 4.39 Å². The predicted molar refractivity (Wildman–Crippen MR) is 115 cm³/mol. The molecule has 0 aliphatic heterocycles. The Kier molecular flexibility index (Phi) is 12.5. The highest BCUT2D eigenvalue weighted by atomic mass is 35.5. The van der Waals surface area contributed by atoms with E-state index in [1.807, 2.05) is 13.0 Å². The first-order valence-corrected chi connectivity index (χ1v) is 10.4. The number of amides is 1. The van der Waals surface area contributed by atoms with E-state index in [2.05, 4.69) is 25.2 Å². The third kappa shape index (κ3) is 11.9. The first-order chi connectivity index (χ1) is 13.4. The number of ether oxygens (including phenoxy) is 1. The van der Waals surface area contributed by atoms with Gasteiger partial charge in [-0.25, -0.2) is 4.39 Å². The second-order valence-electron chi connectivity index (χ2n) is 7.42. The molecule has 0 unspecified atom stereocenters. The minimum Gasteiger partial charge on any atom is -0.377 e. The van der Waals surface area contributed by atoms with Crippen LogP contribution in [0.3, 0.4) is 0 Å². The average Bonchev–Trinajstić information content (AvgIpc) is 2.63. The predicted octanol–water partition coefficient (Wildman–Crippen LogP) is 6.22. The first-order valence-electron chi connectivity index (χ1n) is 10.0. The molecule has 1 rings (SSSR count). The van der Waals surface area contributed by atoms with Crippen LogP contribution >= 0.6 is 11.6 Å². The maximum absolute atomic E-state index is 13.6. The zero-order valence-electron chi connectivity index (χ0n) is 17.3. The van der Waals surface area contributed by atoms with Crippen LogP contribution in [-0.4, -0.2) is 19.1 Å². The molecule has 5 heteroatoms. The molecule has 1 aromatic rings. The lowest BCUT2D eigenvalue weighted by Gasteiger charge is -2.06. The zero-order valence-corrected chi connectivity index (χ0v) is 18.0. The standard InChI is InChI=1S/C23H33ClFNO2/c1-18(2)16-26-23(27)14-19(3)10-8-6-4-5-7-9-13-28-17-20-11-12-21(24)15-22(20)25/h8,10-12,14-15,18H,4-7,9,13,16-17H2,1-3H3,(H,26,27). The van der Waals surface area contributed by atoms with Gasteiger partial charge in [-0.1, -0.05) is 56.5 Å². The molecule has 0 heterocycles. The molecule has 1 amide bonds. The molecule has 0 atom stereocenters. The first kappa shape index (κ1) is 24.4. The molecule has 0 aliphatic rings. The van der Waals surface area contributed by atoms with E-state index in [0.717, 1.165) is 37.7 Å². The minimum absolute atomic E-state index is 0.0330. The Morgan fingerprint density at radius 2 is 2.00 bits per heavy atom. The Morgan fingerprint density at radius 1 is 1.25 bits per heavy atom. The quantitative estimate of drug-likeness (QED) is 0.238. The lowest BCUT2D eigenvalue weighted by molar-refractivity contribution is -0.116. The van der Waals surface area contributed by atoms with E-state index in [1.54, 1.807) is 18.2 Å². The highest BCUT2D eigenvalue weighted by Gasteiger charge is 2.02. The third-order valence-corrected chi connectivity index (χ3v) is 4.34. The van der Waals surface area contributed by atoms with Crippen molar-refractivity contribution in [1.82, 2.24) is 5.32 Å². The van der Waals surface area contributed by atoms with Gasteiger partial charge in [0.1, 0.15) is 5.82 Å². The van der Waals surface area contributed by atoms with Crippen molar-refractivity contribution in [1.29, 1.82) is 0 Å². The maximum Gasteiger partial charge on any atom is 0.244 e. The Hall–Kier alpha value is -1.65. The molecule has 0 fully saturated rings. The zero-order chi connectivity index (χ0) is 20.8. The number of nitrogens with one attached hydrogen (secondary N) is 1. The van der Waals surface area contributed by atoms with Crippen LogP contribution in [0.2, 0.25) is 5.02 Å².